The standard InChI is InChI=1S/C11H11F3O5/c1-2-19-9(17)10(18,11(12,13)14)6-3-4-7(15)8(16)5-6/h3-5,15-16,18H,2H2,1H3/t10-/m0/s1. The third kappa shape index (κ3) is 2.58. The van der Waals surface area contributed by atoms with Crippen molar-refractivity contribution in [2.75, 3.05) is 6.61 Å². The Morgan fingerprint density at radius 2 is 1.84 bits per heavy atom. The number of benzene rings is 1. The number of hydrogen-bond donors (Lipinski definition) is 3. The molecule has 0 saturated carbocycles. The Hall–Kier alpha value is -1.96. The second-order valence-corrected chi connectivity index (χ2v) is 3.63. The van der Waals surface area contributed by atoms with E-state index in [9.17, 15) is 23.1 Å². The smallest absolute Gasteiger partial charge is 0.432 e. The lowest BCUT2D eigenvalue weighted by Gasteiger charge is -2.28. The number of phenolic OH excluding ortho intramolecular Hbond substituents is 2. The van der Waals surface area contributed by atoms with E-state index in [1.165, 1.54) is 6.92 Å². The highest BCUT2D eigenvalue weighted by Gasteiger charge is 2.62. The summed E-state index contributed by atoms with van der Waals surface area (Å²) in [5.74, 6) is -3.49. The normalized spacial score (nSPS) is 14.8. The van der Waals surface area contributed by atoms with Gasteiger partial charge < -0.3 is 20.1 Å². The van der Waals surface area contributed by atoms with Crippen LogP contribution in [0.1, 0.15) is 12.5 Å². The number of carbonyl (C=O) groups excluding carboxylic acids is 1. The minimum absolute atomic E-state index is 0.360. The third-order valence-corrected chi connectivity index (χ3v) is 2.37. The molecule has 3 N–H and O–H groups in total. The van der Waals surface area contributed by atoms with Crippen LogP contribution in [0.2, 0.25) is 0 Å². The first-order chi connectivity index (χ1) is 8.64. The first-order valence-corrected chi connectivity index (χ1v) is 5.13. The number of aromatic hydroxyl groups is 2. The fourth-order valence-electron chi connectivity index (χ4n) is 1.38. The molecule has 19 heavy (non-hydrogen) atoms. The molecule has 0 unspecified atom stereocenters. The average molecular weight is 280 g/mol. The number of alkyl halides is 3. The summed E-state index contributed by atoms with van der Waals surface area (Å²) in [5.41, 5.74) is -4.86. The Kier molecular flexibility index (Phi) is 3.94. The maximum Gasteiger partial charge on any atom is 0.432 e. The number of rotatable bonds is 3. The highest BCUT2D eigenvalue weighted by Crippen LogP contribution is 2.42. The van der Waals surface area contributed by atoms with E-state index in [1.54, 1.807) is 0 Å². The van der Waals surface area contributed by atoms with Crippen molar-refractivity contribution in [3.05, 3.63) is 23.8 Å². The molecule has 0 aromatic heterocycles. The molecular weight excluding hydrogens is 269 g/mol. The second kappa shape index (κ2) is 4.96. The molecule has 1 atom stereocenters. The van der Waals surface area contributed by atoms with E-state index in [-0.39, 0.29) is 6.61 Å². The van der Waals surface area contributed by atoms with Crippen molar-refractivity contribution in [2.24, 2.45) is 0 Å². The lowest BCUT2D eigenvalue weighted by atomic mass is 9.92. The third-order valence-electron chi connectivity index (χ3n) is 2.37. The number of hydrogen-bond acceptors (Lipinski definition) is 5. The van der Waals surface area contributed by atoms with Crippen LogP contribution in [-0.2, 0) is 15.1 Å². The Bertz CT molecular complexity index is 486. The van der Waals surface area contributed by atoms with Crippen molar-refractivity contribution in [1.29, 1.82) is 0 Å². The molecule has 1 aromatic carbocycles. The number of halogens is 3. The largest absolute Gasteiger partial charge is 0.504 e. The van der Waals surface area contributed by atoms with E-state index in [0.29, 0.717) is 12.1 Å². The molecule has 0 heterocycles. The number of esters is 1. The van der Waals surface area contributed by atoms with Crippen LogP contribution >= 0.6 is 0 Å². The van der Waals surface area contributed by atoms with Gasteiger partial charge in [0.1, 0.15) is 0 Å². The molecule has 0 amide bonds. The van der Waals surface area contributed by atoms with Gasteiger partial charge in [-0.3, -0.25) is 0 Å². The predicted octanol–water partition coefficient (Wildman–Crippen LogP) is 1.41. The Balaban J connectivity index is 3.39. The van der Waals surface area contributed by atoms with Gasteiger partial charge in [0, 0.05) is 5.56 Å². The Morgan fingerprint density at radius 3 is 2.26 bits per heavy atom. The molecule has 0 radical (unpaired) electrons. The zero-order valence-electron chi connectivity index (χ0n) is 9.73. The van der Waals surface area contributed by atoms with E-state index >= 15 is 0 Å². The van der Waals surface area contributed by atoms with E-state index < -0.39 is 34.8 Å². The minimum atomic E-state index is -5.34. The van der Waals surface area contributed by atoms with Crippen molar-refractivity contribution in [3.63, 3.8) is 0 Å². The molecule has 0 saturated heterocycles. The number of aliphatic hydroxyl groups is 1. The monoisotopic (exact) mass is 280 g/mol. The first kappa shape index (κ1) is 15.1. The summed E-state index contributed by atoms with van der Waals surface area (Å²) in [6.07, 6.45) is -5.34. The van der Waals surface area contributed by atoms with Crippen LogP contribution in [0.4, 0.5) is 13.2 Å². The zero-order valence-corrected chi connectivity index (χ0v) is 9.73. The highest BCUT2D eigenvalue weighted by atomic mass is 19.4. The molecule has 106 valence electrons. The van der Waals surface area contributed by atoms with Crippen molar-refractivity contribution in [3.8, 4) is 11.5 Å². The lowest BCUT2D eigenvalue weighted by Crippen LogP contribution is -2.50. The Labute approximate surface area is 105 Å². The van der Waals surface area contributed by atoms with Crippen molar-refractivity contribution >= 4 is 5.97 Å². The Morgan fingerprint density at radius 1 is 1.26 bits per heavy atom. The van der Waals surface area contributed by atoms with Crippen LogP contribution in [0.15, 0.2) is 18.2 Å². The van der Waals surface area contributed by atoms with Crippen LogP contribution in [0, 0.1) is 0 Å². The number of phenols is 2. The predicted molar refractivity (Wildman–Crippen MR) is 56.4 cm³/mol. The number of ether oxygens (including phenoxy) is 1. The summed E-state index contributed by atoms with van der Waals surface area (Å²) in [7, 11) is 0. The molecule has 0 aliphatic rings. The fraction of sp³-hybridized carbons (Fsp3) is 0.364. The summed E-state index contributed by atoms with van der Waals surface area (Å²) >= 11 is 0. The second-order valence-electron chi connectivity index (χ2n) is 3.63. The van der Waals surface area contributed by atoms with Crippen LogP contribution in [0.5, 0.6) is 11.5 Å². The van der Waals surface area contributed by atoms with E-state index in [4.69, 9.17) is 10.2 Å². The van der Waals surface area contributed by atoms with Gasteiger partial charge in [0.2, 0.25) is 0 Å². The lowest BCUT2D eigenvalue weighted by molar-refractivity contribution is -0.267. The van der Waals surface area contributed by atoms with Gasteiger partial charge in [0.05, 0.1) is 6.61 Å². The molecule has 0 bridgehead atoms. The maximum atomic E-state index is 12.9. The van der Waals surface area contributed by atoms with Crippen LogP contribution in [0.3, 0.4) is 0 Å². The highest BCUT2D eigenvalue weighted by molar-refractivity contribution is 5.82. The van der Waals surface area contributed by atoms with Gasteiger partial charge in [-0.05, 0) is 19.1 Å². The summed E-state index contributed by atoms with van der Waals surface area (Å²) in [5, 5.41) is 27.8. The van der Waals surface area contributed by atoms with Crippen molar-refractivity contribution in [1.82, 2.24) is 0 Å². The molecule has 0 spiro atoms. The van der Waals surface area contributed by atoms with Gasteiger partial charge in [-0.2, -0.15) is 13.2 Å². The quantitative estimate of drug-likeness (QED) is 0.575. The van der Waals surface area contributed by atoms with Gasteiger partial charge >= 0.3 is 12.1 Å². The molecular formula is C11H11F3O5. The van der Waals surface area contributed by atoms with Gasteiger partial charge in [0.25, 0.3) is 5.60 Å². The molecule has 0 fully saturated rings. The average Bonchev–Trinajstić information content (AvgIpc) is 2.30. The van der Waals surface area contributed by atoms with E-state index in [2.05, 4.69) is 4.74 Å². The SMILES string of the molecule is CCOC(=O)[C@@](O)(c1ccc(O)c(O)c1)C(F)(F)F. The van der Waals surface area contributed by atoms with Gasteiger partial charge in [-0.1, -0.05) is 6.07 Å². The molecule has 1 aromatic rings. The maximum absolute atomic E-state index is 12.9. The minimum Gasteiger partial charge on any atom is -0.504 e. The topological polar surface area (TPSA) is 87.0 Å². The van der Waals surface area contributed by atoms with Crippen molar-refractivity contribution in [2.45, 2.75) is 18.7 Å². The van der Waals surface area contributed by atoms with Gasteiger partial charge in [-0.15, -0.1) is 0 Å². The molecule has 1 rings (SSSR count). The molecule has 0 aliphatic heterocycles. The summed E-state index contributed by atoms with van der Waals surface area (Å²) in [6, 6.07) is 1.83. The van der Waals surface area contributed by atoms with E-state index in [0.717, 1.165) is 6.07 Å². The molecule has 8 heteroatoms. The van der Waals surface area contributed by atoms with Crippen LogP contribution < -0.4 is 0 Å². The fourth-order valence-corrected chi connectivity index (χ4v) is 1.38. The summed E-state index contributed by atoms with van der Waals surface area (Å²) in [4.78, 5) is 11.4. The van der Waals surface area contributed by atoms with Crippen molar-refractivity contribution < 1.29 is 38.0 Å². The van der Waals surface area contributed by atoms with Crippen LogP contribution in [-0.4, -0.2) is 34.1 Å². The van der Waals surface area contributed by atoms with Crippen LogP contribution in [0.25, 0.3) is 0 Å². The zero-order chi connectivity index (χ0) is 14.8. The summed E-state index contributed by atoms with van der Waals surface area (Å²) in [6.45, 7) is 0.921. The molecule has 5 nitrogen and oxygen atoms in total. The van der Waals surface area contributed by atoms with Gasteiger partial charge in [0.15, 0.2) is 11.5 Å². The molecule has 0 aliphatic carbocycles. The number of carbonyl (C=O) groups is 1. The van der Waals surface area contributed by atoms with E-state index in [1.807, 2.05) is 0 Å². The summed E-state index contributed by atoms with van der Waals surface area (Å²) < 4.78 is 42.9. The first-order valence-electron chi connectivity index (χ1n) is 5.13. The van der Waals surface area contributed by atoms with Gasteiger partial charge in [-0.25, -0.2) is 4.79 Å².